The molecule has 40 heavy (non-hydrogen) atoms. The van der Waals surface area contributed by atoms with Gasteiger partial charge in [0.2, 0.25) is 5.91 Å². The Morgan fingerprint density at radius 3 is 2.67 bits per heavy atom. The number of hydrogen-bond donors (Lipinski definition) is 4. The van der Waals surface area contributed by atoms with Crippen LogP contribution in [0.4, 0.5) is 28.9 Å². The van der Waals surface area contributed by atoms with Gasteiger partial charge in [-0.1, -0.05) is 11.6 Å². The van der Waals surface area contributed by atoms with Crippen molar-refractivity contribution in [2.24, 2.45) is 0 Å². The number of ether oxygens (including phenoxy) is 1. The van der Waals surface area contributed by atoms with Crippen molar-refractivity contribution in [3.8, 4) is 0 Å². The van der Waals surface area contributed by atoms with Crippen molar-refractivity contribution in [1.82, 2.24) is 30.6 Å². The van der Waals surface area contributed by atoms with Crippen LogP contribution in [0.5, 0.6) is 0 Å². The van der Waals surface area contributed by atoms with E-state index in [0.29, 0.717) is 17.2 Å². The molecule has 10 nitrogen and oxygen atoms in total. The third-order valence-corrected chi connectivity index (χ3v) is 6.57. The molecule has 3 aromatic heterocycles. The number of rotatable bonds is 7. The first-order valence-corrected chi connectivity index (χ1v) is 12.2. The molecule has 0 aliphatic carbocycles. The molecule has 1 saturated heterocycles. The number of nitrogens with zero attached hydrogens (tertiary/aromatic N) is 3. The van der Waals surface area contributed by atoms with Crippen molar-refractivity contribution in [3.63, 3.8) is 0 Å². The molecule has 4 aromatic rings. The maximum absolute atomic E-state index is 13.4. The molecule has 15 heteroatoms. The summed E-state index contributed by atoms with van der Waals surface area (Å²) in [6.45, 7) is 0.0450. The molecule has 0 spiro atoms. The van der Waals surface area contributed by atoms with Crippen molar-refractivity contribution >= 4 is 46.0 Å². The first-order chi connectivity index (χ1) is 19.0. The fraction of sp³-hybridized carbons (Fsp3) is 0.240. The van der Waals surface area contributed by atoms with E-state index in [1.807, 2.05) is 0 Å². The molecule has 2 amide bonds. The lowest BCUT2D eigenvalue weighted by Gasteiger charge is -2.27. The molecule has 1 aliphatic rings. The fourth-order valence-electron chi connectivity index (χ4n) is 4.16. The smallest absolute Gasteiger partial charge is 0.378 e. The number of pyridine rings is 2. The van der Waals surface area contributed by atoms with Crippen LogP contribution in [0, 0.1) is 5.82 Å². The first-order valence-electron chi connectivity index (χ1n) is 11.8. The lowest BCUT2D eigenvalue weighted by atomic mass is 9.96. The largest absolute Gasteiger partial charge is 0.418 e. The van der Waals surface area contributed by atoms with Crippen molar-refractivity contribution in [2.75, 3.05) is 18.5 Å². The van der Waals surface area contributed by atoms with Crippen LogP contribution >= 0.6 is 11.6 Å². The highest BCUT2D eigenvalue weighted by molar-refractivity contribution is 6.31. The first kappa shape index (κ1) is 27.3. The Bertz CT molecular complexity index is 1590. The molecule has 1 aliphatic heterocycles. The van der Waals surface area contributed by atoms with E-state index >= 15 is 0 Å². The van der Waals surface area contributed by atoms with Crippen molar-refractivity contribution in [1.29, 1.82) is 0 Å². The minimum absolute atomic E-state index is 0.0562. The summed E-state index contributed by atoms with van der Waals surface area (Å²) in [6, 6.07) is 5.13. The maximum Gasteiger partial charge on any atom is 0.418 e. The van der Waals surface area contributed by atoms with Gasteiger partial charge < -0.3 is 25.7 Å². The van der Waals surface area contributed by atoms with Gasteiger partial charge in [-0.2, -0.15) is 13.2 Å². The van der Waals surface area contributed by atoms with Crippen LogP contribution in [0.1, 0.15) is 28.0 Å². The number of alkyl halides is 3. The normalized spacial score (nSPS) is 17.1. The molecule has 1 unspecified atom stereocenters. The maximum atomic E-state index is 13.4. The van der Waals surface area contributed by atoms with Crippen LogP contribution in [-0.4, -0.2) is 50.5 Å². The number of H-pyrrole nitrogens is 1. The molecule has 4 heterocycles. The summed E-state index contributed by atoms with van der Waals surface area (Å²) in [6.07, 6.45) is -0.547. The quantitative estimate of drug-likeness (QED) is 0.243. The van der Waals surface area contributed by atoms with Crippen LogP contribution < -0.4 is 16.0 Å². The Kier molecular flexibility index (Phi) is 7.29. The van der Waals surface area contributed by atoms with Crippen molar-refractivity contribution in [3.05, 3.63) is 76.7 Å². The Morgan fingerprint density at radius 1 is 1.12 bits per heavy atom. The van der Waals surface area contributed by atoms with E-state index in [2.05, 4.69) is 35.9 Å². The van der Waals surface area contributed by atoms with E-state index in [1.54, 1.807) is 6.07 Å². The second kappa shape index (κ2) is 10.7. The molecule has 1 fully saturated rings. The van der Waals surface area contributed by atoms with Gasteiger partial charge in [-0.3, -0.25) is 14.6 Å². The van der Waals surface area contributed by atoms with Gasteiger partial charge >= 0.3 is 6.18 Å². The Balaban J connectivity index is 1.26. The van der Waals surface area contributed by atoms with Gasteiger partial charge in [0.25, 0.3) is 5.91 Å². The second-order valence-electron chi connectivity index (χ2n) is 8.98. The van der Waals surface area contributed by atoms with Crippen LogP contribution in [0.3, 0.4) is 0 Å². The van der Waals surface area contributed by atoms with Crippen LogP contribution in [0.25, 0.3) is 11.2 Å². The number of amides is 2. The van der Waals surface area contributed by atoms with E-state index in [4.69, 9.17) is 16.3 Å². The van der Waals surface area contributed by atoms with E-state index in [-0.39, 0.29) is 53.8 Å². The molecule has 1 atom stereocenters. The number of anilines is 2. The average molecular weight is 578 g/mol. The number of benzene rings is 1. The summed E-state index contributed by atoms with van der Waals surface area (Å²) in [7, 11) is 0. The molecule has 4 N–H and O–H groups in total. The molecule has 5 rings (SSSR count). The average Bonchev–Trinajstić information content (AvgIpc) is 3.58. The minimum atomic E-state index is -4.79. The zero-order chi connectivity index (χ0) is 28.5. The number of aromatic nitrogens is 4. The fourth-order valence-corrected chi connectivity index (χ4v) is 4.39. The monoisotopic (exact) mass is 577 g/mol. The van der Waals surface area contributed by atoms with Crippen LogP contribution in [0.15, 0.2) is 49.1 Å². The second-order valence-corrected chi connectivity index (χ2v) is 9.39. The summed E-state index contributed by atoms with van der Waals surface area (Å²) in [5.41, 5.74) is -1.36. The number of aromatic amines is 1. The summed E-state index contributed by atoms with van der Waals surface area (Å²) in [4.78, 5) is 41.3. The number of fused-ring (bicyclic) bond motifs is 1. The molecule has 0 bridgehead atoms. The SMILES string of the molecule is O=C(NC1(C(=O)NCc2ncc(Nc3ccc(F)cc3C(F)(F)F)cc2Cl)CCOC1)c1cnc2nc[nH]c2c1. The number of carbonyl (C=O) groups excluding carboxylic acids is 2. The van der Waals surface area contributed by atoms with Crippen LogP contribution in [0.2, 0.25) is 5.02 Å². The number of halogens is 5. The Labute approximate surface area is 228 Å². The predicted molar refractivity (Wildman–Crippen MR) is 135 cm³/mol. The highest BCUT2D eigenvalue weighted by atomic mass is 35.5. The van der Waals surface area contributed by atoms with Gasteiger partial charge in [-0.05, 0) is 30.3 Å². The van der Waals surface area contributed by atoms with Crippen molar-refractivity contribution in [2.45, 2.75) is 24.7 Å². The third-order valence-electron chi connectivity index (χ3n) is 6.24. The Morgan fingerprint density at radius 2 is 1.95 bits per heavy atom. The van der Waals surface area contributed by atoms with Gasteiger partial charge in [0.15, 0.2) is 5.65 Å². The molecule has 0 radical (unpaired) electrons. The van der Waals surface area contributed by atoms with Crippen LogP contribution in [-0.2, 0) is 22.3 Å². The summed E-state index contributed by atoms with van der Waals surface area (Å²) < 4.78 is 58.7. The zero-order valence-electron chi connectivity index (χ0n) is 20.4. The highest BCUT2D eigenvalue weighted by Gasteiger charge is 2.44. The van der Waals surface area contributed by atoms with Gasteiger partial charge in [0.05, 0.1) is 64.4 Å². The molecule has 208 valence electrons. The number of nitrogens with one attached hydrogen (secondary N) is 4. The molecular formula is C25H20ClF4N7O3. The standard InChI is InChI=1S/C25H20ClF4N7O3/c26-17-7-15(36-18-2-1-14(27)6-16(18)25(28,29)30)9-31-20(17)10-33-23(39)24(3-4-40-11-24)37-22(38)13-5-19-21(32-8-13)35-12-34-19/h1-2,5-9,12,36H,3-4,10-11H2,(H,33,39)(H,37,38)(H,32,34,35). The predicted octanol–water partition coefficient (Wildman–Crippen LogP) is 4.11. The van der Waals surface area contributed by atoms with Gasteiger partial charge in [-0.25, -0.2) is 14.4 Å². The topological polar surface area (TPSA) is 134 Å². The highest BCUT2D eigenvalue weighted by Crippen LogP contribution is 2.37. The van der Waals surface area contributed by atoms with Gasteiger partial charge in [0, 0.05) is 19.2 Å². The molecular weight excluding hydrogens is 558 g/mol. The van der Waals surface area contributed by atoms with Gasteiger partial charge in [0.1, 0.15) is 11.4 Å². The minimum Gasteiger partial charge on any atom is -0.378 e. The number of hydrogen-bond acceptors (Lipinski definition) is 7. The number of carbonyl (C=O) groups is 2. The van der Waals surface area contributed by atoms with Gasteiger partial charge in [-0.15, -0.1) is 0 Å². The third kappa shape index (κ3) is 5.67. The van der Waals surface area contributed by atoms with E-state index in [1.165, 1.54) is 24.8 Å². The Hall–Kier alpha value is -4.30. The summed E-state index contributed by atoms with van der Waals surface area (Å²) in [5, 5.41) is 8.02. The van der Waals surface area contributed by atoms with Crippen molar-refractivity contribution < 1.29 is 31.9 Å². The van der Waals surface area contributed by atoms with E-state index < -0.39 is 34.9 Å². The molecule has 0 saturated carbocycles. The lowest BCUT2D eigenvalue weighted by molar-refractivity contribution is -0.137. The van der Waals surface area contributed by atoms with E-state index in [9.17, 15) is 27.2 Å². The number of imidazole rings is 1. The summed E-state index contributed by atoms with van der Waals surface area (Å²) in [5.74, 6) is -2.09. The lowest BCUT2D eigenvalue weighted by Crippen LogP contribution is -2.59. The summed E-state index contributed by atoms with van der Waals surface area (Å²) >= 11 is 6.29. The molecule has 1 aromatic carbocycles. The zero-order valence-corrected chi connectivity index (χ0v) is 21.2. The van der Waals surface area contributed by atoms with E-state index in [0.717, 1.165) is 12.1 Å².